The highest BCUT2D eigenvalue weighted by atomic mass is 35.5. The Hall–Kier alpha value is -0.910. The highest BCUT2D eigenvalue weighted by Gasteiger charge is 2.35. The normalized spacial score (nSPS) is 17.6. The second kappa shape index (κ2) is 8.65. The van der Waals surface area contributed by atoms with Crippen LogP contribution in [0.25, 0.3) is 0 Å². The van der Waals surface area contributed by atoms with Gasteiger partial charge in [0.15, 0.2) is 0 Å². The number of rotatable bonds is 5. The maximum atomic E-state index is 12.5. The zero-order valence-corrected chi connectivity index (χ0v) is 17.1. The Balaban J connectivity index is 1.88. The van der Waals surface area contributed by atoms with Crippen LogP contribution < -0.4 is 5.32 Å². The maximum Gasteiger partial charge on any atom is 0.243 e. The number of thioether (sulfide) groups is 1. The summed E-state index contributed by atoms with van der Waals surface area (Å²) in [5, 5.41) is 4.11. The van der Waals surface area contributed by atoms with Gasteiger partial charge in [-0.15, -0.1) is 11.8 Å². The van der Waals surface area contributed by atoms with Crippen molar-refractivity contribution >= 4 is 46.8 Å². The van der Waals surface area contributed by atoms with Crippen molar-refractivity contribution in [3.63, 3.8) is 0 Å². The van der Waals surface area contributed by atoms with E-state index >= 15 is 0 Å². The van der Waals surface area contributed by atoms with Crippen LogP contribution in [0.5, 0.6) is 0 Å². The van der Waals surface area contributed by atoms with E-state index in [9.17, 15) is 9.59 Å². The maximum absolute atomic E-state index is 12.5. The van der Waals surface area contributed by atoms with Crippen LogP contribution in [0.1, 0.15) is 32.8 Å². The lowest BCUT2D eigenvalue weighted by Crippen LogP contribution is -2.48. The number of hydrogen-bond acceptors (Lipinski definition) is 3. The predicted octanol–water partition coefficient (Wildman–Crippen LogP) is 3.99. The molecule has 1 N–H and O–H groups in total. The molecule has 1 aliphatic heterocycles. The Morgan fingerprint density at radius 1 is 1.32 bits per heavy atom. The lowest BCUT2D eigenvalue weighted by molar-refractivity contribution is -0.139. The van der Waals surface area contributed by atoms with E-state index in [1.807, 2.05) is 26.8 Å². The zero-order valence-electron chi connectivity index (χ0n) is 14.8. The van der Waals surface area contributed by atoms with Gasteiger partial charge in [0, 0.05) is 28.8 Å². The van der Waals surface area contributed by atoms with Gasteiger partial charge in [-0.3, -0.25) is 9.59 Å². The number of amides is 2. The molecule has 0 spiro atoms. The van der Waals surface area contributed by atoms with Gasteiger partial charge in [0.05, 0.1) is 5.88 Å². The van der Waals surface area contributed by atoms with Crippen LogP contribution >= 0.6 is 35.0 Å². The number of nitrogens with zero attached hydrogens (tertiary/aromatic N) is 1. The number of carbonyl (C=O) groups excluding carboxylic acids is 2. The van der Waals surface area contributed by atoms with E-state index in [4.69, 9.17) is 23.2 Å². The molecule has 1 aliphatic rings. The Morgan fingerprint density at radius 3 is 2.68 bits per heavy atom. The van der Waals surface area contributed by atoms with Crippen molar-refractivity contribution in [1.82, 2.24) is 10.2 Å². The molecule has 0 radical (unpaired) electrons. The van der Waals surface area contributed by atoms with Crippen LogP contribution in [-0.2, 0) is 16.0 Å². The molecule has 2 amide bonds. The smallest absolute Gasteiger partial charge is 0.243 e. The molecule has 1 saturated heterocycles. The molecule has 1 fully saturated rings. The van der Waals surface area contributed by atoms with Crippen molar-refractivity contribution in [2.75, 3.05) is 18.2 Å². The second-order valence-electron chi connectivity index (χ2n) is 7.39. The molecule has 4 nitrogen and oxygen atoms in total. The standard InChI is InChI=1S/C18H24Cl2N2O2S/c1-18(2,3)9-16(23)22-11-25-10-15(22)17(24)21-7-6-12-4-5-13(19)8-14(12)20/h4-5,8,15H,6-7,9-11H2,1-3H3,(H,21,24). The van der Waals surface area contributed by atoms with Crippen molar-refractivity contribution < 1.29 is 9.59 Å². The van der Waals surface area contributed by atoms with Gasteiger partial charge in [0.25, 0.3) is 0 Å². The van der Waals surface area contributed by atoms with Gasteiger partial charge in [-0.2, -0.15) is 0 Å². The lowest BCUT2D eigenvalue weighted by Gasteiger charge is -2.26. The van der Waals surface area contributed by atoms with Gasteiger partial charge in [0.2, 0.25) is 11.8 Å². The molecule has 1 aromatic rings. The minimum Gasteiger partial charge on any atom is -0.354 e. The molecular formula is C18H24Cl2N2O2S. The highest BCUT2D eigenvalue weighted by molar-refractivity contribution is 7.99. The summed E-state index contributed by atoms with van der Waals surface area (Å²) in [5.41, 5.74) is 0.851. The Labute approximate surface area is 163 Å². The minimum absolute atomic E-state index is 0.0402. The quantitative estimate of drug-likeness (QED) is 0.809. The Kier molecular flexibility index (Phi) is 7.06. The van der Waals surface area contributed by atoms with Crippen molar-refractivity contribution in [3.8, 4) is 0 Å². The number of nitrogens with one attached hydrogen (secondary N) is 1. The van der Waals surface area contributed by atoms with Gasteiger partial charge in [-0.25, -0.2) is 0 Å². The Morgan fingerprint density at radius 2 is 2.04 bits per heavy atom. The minimum atomic E-state index is -0.388. The third-order valence-corrected chi connectivity index (χ3v) is 5.49. The number of carbonyl (C=O) groups is 2. The van der Waals surface area contributed by atoms with E-state index < -0.39 is 0 Å². The van der Waals surface area contributed by atoms with Crippen molar-refractivity contribution in [3.05, 3.63) is 33.8 Å². The van der Waals surface area contributed by atoms with Crippen LogP contribution in [0.2, 0.25) is 10.0 Å². The molecule has 1 heterocycles. The average Bonchev–Trinajstić information content (AvgIpc) is 2.97. The van der Waals surface area contributed by atoms with Gasteiger partial charge in [-0.05, 0) is 29.5 Å². The fourth-order valence-electron chi connectivity index (χ4n) is 2.62. The molecule has 7 heteroatoms. The first-order valence-corrected chi connectivity index (χ1v) is 10.2. The summed E-state index contributed by atoms with van der Waals surface area (Å²) in [4.78, 5) is 26.6. The van der Waals surface area contributed by atoms with Gasteiger partial charge in [0.1, 0.15) is 6.04 Å². The summed E-state index contributed by atoms with van der Waals surface area (Å²) in [6, 6.07) is 4.95. The molecule has 2 rings (SSSR count). The number of hydrogen-bond donors (Lipinski definition) is 1. The highest BCUT2D eigenvalue weighted by Crippen LogP contribution is 2.26. The van der Waals surface area contributed by atoms with E-state index in [1.165, 1.54) is 0 Å². The first-order chi connectivity index (χ1) is 11.7. The second-order valence-corrected chi connectivity index (χ2v) is 9.24. The van der Waals surface area contributed by atoms with E-state index in [-0.39, 0.29) is 23.3 Å². The van der Waals surface area contributed by atoms with Gasteiger partial charge < -0.3 is 10.2 Å². The van der Waals surface area contributed by atoms with Crippen molar-refractivity contribution in [2.24, 2.45) is 5.41 Å². The van der Waals surface area contributed by atoms with E-state index in [2.05, 4.69) is 5.32 Å². The molecule has 1 unspecified atom stereocenters. The van der Waals surface area contributed by atoms with E-state index in [0.29, 0.717) is 41.1 Å². The topological polar surface area (TPSA) is 49.4 Å². The number of benzene rings is 1. The SMILES string of the molecule is CC(C)(C)CC(=O)N1CSCC1C(=O)NCCc1ccc(Cl)cc1Cl. The molecule has 25 heavy (non-hydrogen) atoms. The lowest BCUT2D eigenvalue weighted by atomic mass is 9.91. The Bertz CT molecular complexity index is 646. The largest absolute Gasteiger partial charge is 0.354 e. The molecule has 0 aromatic heterocycles. The molecule has 1 aromatic carbocycles. The molecule has 0 aliphatic carbocycles. The monoisotopic (exact) mass is 402 g/mol. The number of halogens is 2. The summed E-state index contributed by atoms with van der Waals surface area (Å²) in [6.07, 6.45) is 1.06. The molecule has 0 bridgehead atoms. The molecule has 1 atom stereocenters. The third-order valence-electron chi connectivity index (χ3n) is 3.90. The summed E-state index contributed by atoms with van der Waals surface area (Å²) in [5.74, 6) is 1.16. The zero-order chi connectivity index (χ0) is 18.6. The molecular weight excluding hydrogens is 379 g/mol. The predicted molar refractivity (Wildman–Crippen MR) is 105 cm³/mol. The van der Waals surface area contributed by atoms with Crippen LogP contribution in [0.3, 0.4) is 0 Å². The van der Waals surface area contributed by atoms with Crippen LogP contribution in [-0.4, -0.2) is 40.9 Å². The average molecular weight is 403 g/mol. The summed E-state index contributed by atoms with van der Waals surface area (Å²) < 4.78 is 0. The summed E-state index contributed by atoms with van der Waals surface area (Å²) in [6.45, 7) is 6.56. The van der Waals surface area contributed by atoms with Crippen molar-refractivity contribution in [1.29, 1.82) is 0 Å². The van der Waals surface area contributed by atoms with Crippen LogP contribution in [0.15, 0.2) is 18.2 Å². The van der Waals surface area contributed by atoms with Gasteiger partial charge in [-0.1, -0.05) is 50.0 Å². The van der Waals surface area contributed by atoms with Crippen LogP contribution in [0, 0.1) is 5.41 Å². The fourth-order valence-corrected chi connectivity index (χ4v) is 4.31. The molecule has 0 saturated carbocycles. The first kappa shape index (κ1) is 20.4. The van der Waals surface area contributed by atoms with E-state index in [0.717, 1.165) is 5.56 Å². The van der Waals surface area contributed by atoms with E-state index in [1.54, 1.807) is 28.8 Å². The van der Waals surface area contributed by atoms with Crippen molar-refractivity contribution in [2.45, 2.75) is 39.7 Å². The summed E-state index contributed by atoms with van der Waals surface area (Å²) in [7, 11) is 0. The van der Waals surface area contributed by atoms with Gasteiger partial charge >= 0.3 is 0 Å². The third kappa shape index (κ3) is 6.08. The fraction of sp³-hybridized carbons (Fsp3) is 0.556. The van der Waals surface area contributed by atoms with Crippen LogP contribution in [0.4, 0.5) is 0 Å². The first-order valence-electron chi connectivity index (χ1n) is 8.26. The summed E-state index contributed by atoms with van der Waals surface area (Å²) >= 11 is 13.6. The molecule has 138 valence electrons.